The smallest absolute Gasteiger partial charge is 0.207 e. The summed E-state index contributed by atoms with van der Waals surface area (Å²) in [6.45, 7) is 0.698. The molecule has 0 radical (unpaired) electrons. The minimum absolute atomic E-state index is 0.0126. The number of imidazole rings is 2. The van der Waals surface area contributed by atoms with Gasteiger partial charge in [-0.05, 0) is 24.3 Å². The van der Waals surface area contributed by atoms with Crippen molar-refractivity contribution in [1.82, 2.24) is 24.5 Å². The number of hydrogen-bond acceptors (Lipinski definition) is 6. The van der Waals surface area contributed by atoms with Crippen LogP contribution in [-0.4, -0.2) is 44.3 Å². The lowest BCUT2D eigenvalue weighted by Gasteiger charge is -2.24. The number of ether oxygens (including phenoxy) is 1. The molecule has 0 aliphatic carbocycles. The molecule has 1 aliphatic rings. The zero-order valence-electron chi connectivity index (χ0n) is 16.8. The number of fused-ring (bicyclic) bond motifs is 1. The van der Waals surface area contributed by atoms with Crippen LogP contribution in [0.15, 0.2) is 48.9 Å². The van der Waals surface area contributed by atoms with Crippen molar-refractivity contribution in [1.29, 1.82) is 5.26 Å². The monoisotopic (exact) mass is 399 g/mol. The fourth-order valence-electron chi connectivity index (χ4n) is 4.23. The highest BCUT2D eigenvalue weighted by molar-refractivity contribution is 5.84. The first kappa shape index (κ1) is 18.3. The van der Waals surface area contributed by atoms with Gasteiger partial charge in [0.2, 0.25) is 5.95 Å². The molecule has 4 aromatic rings. The minimum atomic E-state index is -0.0126. The van der Waals surface area contributed by atoms with E-state index < -0.39 is 0 Å². The van der Waals surface area contributed by atoms with Crippen LogP contribution in [0, 0.1) is 11.3 Å². The third-order valence-corrected chi connectivity index (χ3v) is 5.73. The van der Waals surface area contributed by atoms with E-state index in [4.69, 9.17) is 9.72 Å². The van der Waals surface area contributed by atoms with Gasteiger partial charge in [0.25, 0.3) is 0 Å². The predicted molar refractivity (Wildman–Crippen MR) is 113 cm³/mol. The SMILES string of the molecule is CO[C@@H]1C[C@@H](c2ncc(-c3cccnc3)[nH]2)N(c2nc3cccc(C#N)c3n2C)C1. The highest BCUT2D eigenvalue weighted by atomic mass is 16.5. The summed E-state index contributed by atoms with van der Waals surface area (Å²) in [5.41, 5.74) is 4.18. The Morgan fingerprint density at radius 1 is 1.23 bits per heavy atom. The molecule has 8 nitrogen and oxygen atoms in total. The molecule has 0 bridgehead atoms. The molecule has 1 N–H and O–H groups in total. The van der Waals surface area contributed by atoms with E-state index in [1.165, 1.54) is 0 Å². The van der Waals surface area contributed by atoms with E-state index in [0.717, 1.165) is 40.5 Å². The number of hydrogen-bond donors (Lipinski definition) is 1. The summed E-state index contributed by atoms with van der Waals surface area (Å²) in [6, 6.07) is 11.8. The van der Waals surface area contributed by atoms with Gasteiger partial charge < -0.3 is 19.2 Å². The standard InChI is InChI=1S/C22H21N7O/c1-28-20-14(10-23)5-3-7-17(20)27-22(28)29-13-16(30-2)9-19(29)21-25-12-18(26-21)15-6-4-8-24-11-15/h3-8,11-12,16,19H,9,13H2,1-2H3,(H,25,26)/t16-,19+/m1/s1. The molecule has 0 unspecified atom stereocenters. The molecule has 3 aromatic heterocycles. The topological polar surface area (TPSA) is 95.7 Å². The van der Waals surface area contributed by atoms with Gasteiger partial charge in [0.15, 0.2) is 0 Å². The molecule has 1 saturated heterocycles. The maximum absolute atomic E-state index is 9.51. The van der Waals surface area contributed by atoms with Crippen LogP contribution in [0.4, 0.5) is 5.95 Å². The molecule has 2 atom stereocenters. The van der Waals surface area contributed by atoms with Gasteiger partial charge in [-0.3, -0.25) is 4.98 Å². The van der Waals surface area contributed by atoms with E-state index in [2.05, 4.69) is 25.9 Å². The average molecular weight is 399 g/mol. The largest absolute Gasteiger partial charge is 0.380 e. The molecule has 150 valence electrons. The fraction of sp³-hybridized carbons (Fsp3) is 0.273. The quantitative estimate of drug-likeness (QED) is 0.566. The summed E-state index contributed by atoms with van der Waals surface area (Å²) in [5, 5.41) is 9.51. The van der Waals surface area contributed by atoms with Crippen molar-refractivity contribution >= 4 is 17.0 Å². The molecule has 0 saturated carbocycles. The number of nitrogens with zero attached hydrogens (tertiary/aromatic N) is 6. The fourth-order valence-corrected chi connectivity index (χ4v) is 4.23. The Morgan fingerprint density at radius 2 is 2.13 bits per heavy atom. The Bertz CT molecular complexity index is 1240. The first-order valence-electron chi connectivity index (χ1n) is 9.80. The van der Waals surface area contributed by atoms with Gasteiger partial charge >= 0.3 is 0 Å². The number of H-pyrrole nitrogens is 1. The number of para-hydroxylation sites is 1. The minimum Gasteiger partial charge on any atom is -0.380 e. The first-order valence-corrected chi connectivity index (χ1v) is 9.80. The van der Waals surface area contributed by atoms with Gasteiger partial charge in [-0.15, -0.1) is 0 Å². The van der Waals surface area contributed by atoms with Crippen molar-refractivity contribution in [3.05, 3.63) is 60.3 Å². The molecule has 5 rings (SSSR count). The summed E-state index contributed by atoms with van der Waals surface area (Å²) in [6.07, 6.45) is 6.27. The molecule has 1 aliphatic heterocycles. The van der Waals surface area contributed by atoms with E-state index in [0.29, 0.717) is 12.1 Å². The van der Waals surface area contributed by atoms with Crippen molar-refractivity contribution in [2.24, 2.45) is 7.05 Å². The zero-order valence-corrected chi connectivity index (χ0v) is 16.8. The highest BCUT2D eigenvalue weighted by Crippen LogP contribution is 2.37. The number of nitrogens with one attached hydrogen (secondary N) is 1. The number of pyridine rings is 1. The lowest BCUT2D eigenvalue weighted by Crippen LogP contribution is -2.27. The summed E-state index contributed by atoms with van der Waals surface area (Å²) in [5.74, 6) is 1.66. The second-order valence-corrected chi connectivity index (χ2v) is 7.44. The molecule has 4 heterocycles. The molecule has 0 spiro atoms. The molecular formula is C22H21N7O. The average Bonchev–Trinajstić information content (AvgIpc) is 3.51. The van der Waals surface area contributed by atoms with Crippen LogP contribution >= 0.6 is 0 Å². The molecule has 1 aromatic carbocycles. The van der Waals surface area contributed by atoms with Gasteiger partial charge in [0.05, 0.1) is 40.6 Å². The third-order valence-electron chi connectivity index (χ3n) is 5.73. The molecule has 30 heavy (non-hydrogen) atoms. The number of benzene rings is 1. The Labute approximate surface area is 173 Å². The maximum Gasteiger partial charge on any atom is 0.207 e. The number of aryl methyl sites for hydroxylation is 1. The van der Waals surface area contributed by atoms with Crippen molar-refractivity contribution < 1.29 is 4.74 Å². The normalized spacial score (nSPS) is 18.8. The van der Waals surface area contributed by atoms with E-state index in [1.807, 2.05) is 54.3 Å². The van der Waals surface area contributed by atoms with E-state index in [1.54, 1.807) is 13.3 Å². The van der Waals surface area contributed by atoms with E-state index in [-0.39, 0.29) is 12.1 Å². The van der Waals surface area contributed by atoms with E-state index in [9.17, 15) is 5.26 Å². The molecule has 0 amide bonds. The zero-order chi connectivity index (χ0) is 20.7. The summed E-state index contributed by atoms with van der Waals surface area (Å²) < 4.78 is 7.67. The summed E-state index contributed by atoms with van der Waals surface area (Å²) in [7, 11) is 3.68. The number of methoxy groups -OCH3 is 1. The number of aromatic nitrogens is 5. The van der Waals surface area contributed by atoms with Gasteiger partial charge in [-0.1, -0.05) is 6.07 Å². The third kappa shape index (κ3) is 2.91. The number of anilines is 1. The van der Waals surface area contributed by atoms with Crippen LogP contribution in [0.5, 0.6) is 0 Å². The van der Waals surface area contributed by atoms with Crippen LogP contribution in [0.25, 0.3) is 22.3 Å². The molecule has 1 fully saturated rings. The Balaban J connectivity index is 1.56. The Morgan fingerprint density at radius 3 is 2.90 bits per heavy atom. The second-order valence-electron chi connectivity index (χ2n) is 7.44. The number of rotatable bonds is 4. The summed E-state index contributed by atoms with van der Waals surface area (Å²) in [4.78, 5) is 19.4. The van der Waals surface area contributed by atoms with Crippen LogP contribution in [-0.2, 0) is 11.8 Å². The maximum atomic E-state index is 9.51. The molecule has 8 heteroatoms. The van der Waals surface area contributed by atoms with Crippen molar-refractivity contribution in [2.75, 3.05) is 18.6 Å². The van der Waals surface area contributed by atoms with Crippen molar-refractivity contribution in [3.63, 3.8) is 0 Å². The van der Waals surface area contributed by atoms with Gasteiger partial charge in [-0.25, -0.2) is 9.97 Å². The number of nitriles is 1. The Hall–Kier alpha value is -3.70. The predicted octanol–water partition coefficient (Wildman–Crippen LogP) is 3.20. The van der Waals surface area contributed by atoms with Crippen molar-refractivity contribution in [2.45, 2.75) is 18.6 Å². The first-order chi connectivity index (χ1) is 14.7. The highest BCUT2D eigenvalue weighted by Gasteiger charge is 2.37. The van der Waals surface area contributed by atoms with Gasteiger partial charge in [0, 0.05) is 45.1 Å². The Kier molecular flexibility index (Phi) is 4.45. The van der Waals surface area contributed by atoms with Crippen LogP contribution < -0.4 is 4.90 Å². The van der Waals surface area contributed by atoms with Gasteiger partial charge in [-0.2, -0.15) is 5.26 Å². The van der Waals surface area contributed by atoms with E-state index >= 15 is 0 Å². The van der Waals surface area contributed by atoms with Crippen LogP contribution in [0.2, 0.25) is 0 Å². The lowest BCUT2D eigenvalue weighted by atomic mass is 10.2. The number of aromatic amines is 1. The summed E-state index contributed by atoms with van der Waals surface area (Å²) >= 11 is 0. The van der Waals surface area contributed by atoms with Crippen LogP contribution in [0.1, 0.15) is 23.9 Å². The lowest BCUT2D eigenvalue weighted by molar-refractivity contribution is 0.118. The van der Waals surface area contributed by atoms with Crippen LogP contribution in [0.3, 0.4) is 0 Å². The van der Waals surface area contributed by atoms with Gasteiger partial charge in [0.1, 0.15) is 11.9 Å². The van der Waals surface area contributed by atoms with Crippen molar-refractivity contribution in [3.8, 4) is 17.3 Å². The molecular weight excluding hydrogens is 378 g/mol. The second kappa shape index (κ2) is 7.28.